The van der Waals surface area contributed by atoms with Crippen molar-refractivity contribution in [2.45, 2.75) is 13.5 Å². The van der Waals surface area contributed by atoms with Crippen LogP contribution in [0, 0.1) is 6.92 Å². The Balaban J connectivity index is 1.78. The van der Waals surface area contributed by atoms with E-state index in [0.717, 1.165) is 16.7 Å². The number of likely N-dealkylation sites (N-methyl/N-ethyl adjacent to an activating group) is 1. The second-order valence-corrected chi connectivity index (χ2v) is 6.97. The number of carbonyl (C=O) groups excluding carboxylic acids is 3. The van der Waals surface area contributed by atoms with E-state index < -0.39 is 18.5 Å². The van der Waals surface area contributed by atoms with Gasteiger partial charge in [0, 0.05) is 18.8 Å². The van der Waals surface area contributed by atoms with Gasteiger partial charge in [-0.15, -0.1) is 0 Å². The number of ether oxygens (including phenoxy) is 1. The molecule has 0 aliphatic rings. The van der Waals surface area contributed by atoms with Crippen LogP contribution in [0.4, 0.5) is 0 Å². The summed E-state index contributed by atoms with van der Waals surface area (Å²) in [6.45, 7) is 1.79. The van der Waals surface area contributed by atoms with Crippen molar-refractivity contribution in [3.63, 3.8) is 0 Å². The molecule has 3 rings (SSSR count). The van der Waals surface area contributed by atoms with Crippen molar-refractivity contribution < 1.29 is 19.1 Å². The Bertz CT molecular complexity index is 1060. The first-order valence-corrected chi connectivity index (χ1v) is 9.79. The first-order valence-electron chi connectivity index (χ1n) is 9.79. The number of carbonyl (C=O) groups is 3. The highest BCUT2D eigenvalue weighted by molar-refractivity contribution is 5.97. The van der Waals surface area contributed by atoms with Gasteiger partial charge in [0.2, 0.25) is 5.91 Å². The van der Waals surface area contributed by atoms with Gasteiger partial charge in [-0.3, -0.25) is 14.3 Å². The zero-order valence-electron chi connectivity index (χ0n) is 17.4. The Morgan fingerprint density at radius 3 is 2.39 bits per heavy atom. The predicted molar refractivity (Wildman–Crippen MR) is 115 cm³/mol. The molecule has 0 aliphatic heterocycles. The molecule has 3 aromatic rings. The molecule has 0 aliphatic carbocycles. The normalized spacial score (nSPS) is 10.4. The smallest absolute Gasteiger partial charge is 0.342 e. The van der Waals surface area contributed by atoms with Crippen LogP contribution in [0.1, 0.15) is 21.5 Å². The van der Waals surface area contributed by atoms with E-state index in [9.17, 15) is 14.4 Å². The molecule has 1 aromatic heterocycles. The van der Waals surface area contributed by atoms with Crippen LogP contribution in [0.25, 0.3) is 11.3 Å². The fourth-order valence-electron chi connectivity index (χ4n) is 2.87. The molecular formula is C23H24N4O4. The summed E-state index contributed by atoms with van der Waals surface area (Å²) in [7, 11) is 1.47. The lowest BCUT2D eigenvalue weighted by Gasteiger charge is -2.06. The first-order chi connectivity index (χ1) is 15.0. The van der Waals surface area contributed by atoms with Crippen molar-refractivity contribution in [3.05, 3.63) is 77.5 Å². The average molecular weight is 420 g/mol. The Morgan fingerprint density at radius 1 is 1.00 bits per heavy atom. The molecule has 0 fully saturated rings. The molecule has 0 spiro atoms. The van der Waals surface area contributed by atoms with Crippen LogP contribution < -0.4 is 10.6 Å². The average Bonchev–Trinajstić information content (AvgIpc) is 3.20. The summed E-state index contributed by atoms with van der Waals surface area (Å²) in [6.07, 6.45) is 1.62. The van der Waals surface area contributed by atoms with Gasteiger partial charge in [0.05, 0.1) is 13.1 Å². The summed E-state index contributed by atoms with van der Waals surface area (Å²) in [5.74, 6) is -1.57. The van der Waals surface area contributed by atoms with E-state index in [4.69, 9.17) is 4.74 Å². The molecule has 1 heterocycles. The zero-order chi connectivity index (χ0) is 22.2. The number of nitrogens with zero attached hydrogens (tertiary/aromatic N) is 2. The van der Waals surface area contributed by atoms with Gasteiger partial charge in [-0.05, 0) is 12.5 Å². The lowest BCUT2D eigenvalue weighted by molar-refractivity contribution is -0.127. The van der Waals surface area contributed by atoms with Gasteiger partial charge in [0.1, 0.15) is 11.3 Å². The minimum absolute atomic E-state index is 0.184. The molecule has 2 amide bonds. The number of nitrogens with one attached hydrogen (secondary N) is 2. The van der Waals surface area contributed by atoms with Crippen molar-refractivity contribution in [3.8, 4) is 11.3 Å². The van der Waals surface area contributed by atoms with E-state index in [-0.39, 0.29) is 18.0 Å². The van der Waals surface area contributed by atoms with Crippen molar-refractivity contribution in [2.24, 2.45) is 0 Å². The van der Waals surface area contributed by atoms with Crippen LogP contribution in [0.15, 0.2) is 60.8 Å². The molecule has 0 radical (unpaired) electrons. The summed E-state index contributed by atoms with van der Waals surface area (Å²) < 4.78 is 6.84. The second kappa shape index (κ2) is 10.2. The molecular weight excluding hydrogens is 396 g/mol. The molecule has 0 atom stereocenters. The van der Waals surface area contributed by atoms with Crippen molar-refractivity contribution >= 4 is 17.8 Å². The minimum atomic E-state index is -0.662. The van der Waals surface area contributed by atoms with E-state index in [2.05, 4.69) is 15.7 Å². The van der Waals surface area contributed by atoms with Crippen LogP contribution in [-0.2, 0) is 20.9 Å². The summed E-state index contributed by atoms with van der Waals surface area (Å²) in [5.41, 5.74) is 3.64. The Labute approximate surface area is 180 Å². The van der Waals surface area contributed by atoms with E-state index in [1.165, 1.54) is 7.05 Å². The Morgan fingerprint density at radius 2 is 1.71 bits per heavy atom. The molecule has 8 heteroatoms. The lowest BCUT2D eigenvalue weighted by Crippen LogP contribution is -2.37. The highest BCUT2D eigenvalue weighted by atomic mass is 16.5. The maximum atomic E-state index is 12.7. The third kappa shape index (κ3) is 6.02. The molecule has 0 saturated heterocycles. The molecule has 160 valence electrons. The molecule has 0 unspecified atom stereocenters. The van der Waals surface area contributed by atoms with Crippen LogP contribution in [-0.4, -0.2) is 47.8 Å². The third-order valence-electron chi connectivity index (χ3n) is 4.55. The zero-order valence-corrected chi connectivity index (χ0v) is 17.4. The van der Waals surface area contributed by atoms with Crippen molar-refractivity contribution in [2.75, 3.05) is 20.2 Å². The second-order valence-electron chi connectivity index (χ2n) is 6.97. The number of hydrogen-bond acceptors (Lipinski definition) is 5. The highest BCUT2D eigenvalue weighted by Crippen LogP contribution is 2.24. The third-order valence-corrected chi connectivity index (χ3v) is 4.55. The van der Waals surface area contributed by atoms with Gasteiger partial charge < -0.3 is 15.4 Å². The summed E-state index contributed by atoms with van der Waals surface area (Å²) in [6, 6.07) is 17.4. The minimum Gasteiger partial charge on any atom is -0.452 e. The monoisotopic (exact) mass is 420 g/mol. The van der Waals surface area contributed by atoms with Gasteiger partial charge in [-0.2, -0.15) is 5.10 Å². The number of hydrogen-bond donors (Lipinski definition) is 2. The van der Waals surface area contributed by atoms with Gasteiger partial charge in [0.15, 0.2) is 6.61 Å². The fourth-order valence-corrected chi connectivity index (χ4v) is 2.87. The Kier molecular flexibility index (Phi) is 7.16. The van der Waals surface area contributed by atoms with E-state index in [1.807, 2.05) is 61.5 Å². The van der Waals surface area contributed by atoms with Crippen LogP contribution >= 0.6 is 0 Å². The van der Waals surface area contributed by atoms with E-state index >= 15 is 0 Å². The standard InChI is InChI=1S/C23H24N4O4/c1-16-8-10-18(11-9-16)22-19(14-27(26-22)13-17-6-4-3-5-7-17)23(30)31-15-21(29)25-12-20(28)24-2/h3-11,14H,12-13,15H2,1-2H3,(H,24,28)(H,25,29). The molecule has 0 bridgehead atoms. The van der Waals surface area contributed by atoms with Crippen LogP contribution in [0.5, 0.6) is 0 Å². The molecule has 31 heavy (non-hydrogen) atoms. The van der Waals surface area contributed by atoms with Gasteiger partial charge >= 0.3 is 5.97 Å². The van der Waals surface area contributed by atoms with Crippen LogP contribution in [0.2, 0.25) is 0 Å². The number of benzene rings is 2. The molecule has 0 saturated carbocycles. The topological polar surface area (TPSA) is 102 Å². The highest BCUT2D eigenvalue weighted by Gasteiger charge is 2.20. The van der Waals surface area contributed by atoms with Gasteiger partial charge in [-0.25, -0.2) is 4.79 Å². The maximum absolute atomic E-state index is 12.7. The summed E-state index contributed by atoms with van der Waals surface area (Å²) in [5, 5.41) is 9.36. The number of esters is 1. The summed E-state index contributed by atoms with van der Waals surface area (Å²) >= 11 is 0. The predicted octanol–water partition coefficient (Wildman–Crippen LogP) is 1.93. The lowest BCUT2D eigenvalue weighted by atomic mass is 10.1. The maximum Gasteiger partial charge on any atom is 0.342 e. The molecule has 2 aromatic carbocycles. The van der Waals surface area contributed by atoms with Crippen molar-refractivity contribution in [1.29, 1.82) is 0 Å². The molecule has 2 N–H and O–H groups in total. The van der Waals surface area contributed by atoms with Gasteiger partial charge in [0.25, 0.3) is 5.91 Å². The number of amides is 2. The van der Waals surface area contributed by atoms with Crippen molar-refractivity contribution in [1.82, 2.24) is 20.4 Å². The Hall–Kier alpha value is -3.94. The van der Waals surface area contributed by atoms with E-state index in [1.54, 1.807) is 10.9 Å². The number of rotatable bonds is 8. The van der Waals surface area contributed by atoms with E-state index in [0.29, 0.717) is 12.2 Å². The van der Waals surface area contributed by atoms with Gasteiger partial charge in [-0.1, -0.05) is 60.2 Å². The largest absolute Gasteiger partial charge is 0.452 e. The number of aryl methyl sites for hydroxylation is 1. The molecule has 8 nitrogen and oxygen atoms in total. The number of aromatic nitrogens is 2. The van der Waals surface area contributed by atoms with Crippen LogP contribution in [0.3, 0.4) is 0 Å². The summed E-state index contributed by atoms with van der Waals surface area (Å²) in [4.78, 5) is 35.8. The fraction of sp³-hybridized carbons (Fsp3) is 0.217. The quantitative estimate of drug-likeness (QED) is 0.542. The SMILES string of the molecule is CNC(=O)CNC(=O)COC(=O)c1cn(Cc2ccccc2)nc1-c1ccc(C)cc1. The first kappa shape index (κ1) is 21.8.